The van der Waals surface area contributed by atoms with Crippen molar-refractivity contribution >= 4 is 12.1 Å². The lowest BCUT2D eigenvalue weighted by molar-refractivity contribution is -0.157. The Balaban J connectivity index is 2.96. The van der Waals surface area contributed by atoms with Gasteiger partial charge < -0.3 is 19.8 Å². The van der Waals surface area contributed by atoms with Gasteiger partial charge in [-0.25, -0.2) is 9.59 Å². The van der Waals surface area contributed by atoms with Gasteiger partial charge in [0.25, 0.3) is 0 Å². The largest absolute Gasteiger partial charge is 0.479 e. The molecule has 6 heteroatoms. The second-order valence-corrected chi connectivity index (χ2v) is 7.25. The van der Waals surface area contributed by atoms with E-state index in [1.807, 2.05) is 0 Å². The van der Waals surface area contributed by atoms with Crippen molar-refractivity contribution in [1.82, 2.24) is 4.90 Å². The fourth-order valence-electron chi connectivity index (χ4n) is 2.74. The van der Waals surface area contributed by atoms with Gasteiger partial charge in [0.05, 0.1) is 0 Å². The molecule has 0 aromatic carbocycles. The van der Waals surface area contributed by atoms with Gasteiger partial charge in [0.15, 0.2) is 6.10 Å². The van der Waals surface area contributed by atoms with Crippen LogP contribution in [0.25, 0.3) is 0 Å². The van der Waals surface area contributed by atoms with Crippen LogP contribution in [-0.4, -0.2) is 51.5 Å². The van der Waals surface area contributed by atoms with Gasteiger partial charge in [0.1, 0.15) is 5.60 Å². The number of aliphatic hydroxyl groups is 1. The maximum absolute atomic E-state index is 12.3. The van der Waals surface area contributed by atoms with E-state index in [2.05, 4.69) is 0 Å². The van der Waals surface area contributed by atoms with Crippen molar-refractivity contribution in [1.29, 1.82) is 0 Å². The van der Waals surface area contributed by atoms with Gasteiger partial charge in [0.2, 0.25) is 0 Å². The average molecular weight is 301 g/mol. The molecule has 122 valence electrons. The lowest BCUT2D eigenvalue weighted by Crippen LogP contribution is -2.57. The van der Waals surface area contributed by atoms with Crippen molar-refractivity contribution in [2.24, 2.45) is 5.41 Å². The van der Waals surface area contributed by atoms with Gasteiger partial charge in [0, 0.05) is 18.0 Å². The van der Waals surface area contributed by atoms with E-state index in [0.717, 1.165) is 12.8 Å². The molecule has 0 aliphatic carbocycles. The smallest absolute Gasteiger partial charge is 0.410 e. The molecule has 21 heavy (non-hydrogen) atoms. The molecule has 1 rings (SSSR count). The van der Waals surface area contributed by atoms with Crippen LogP contribution in [0.3, 0.4) is 0 Å². The zero-order valence-electron chi connectivity index (χ0n) is 13.5. The lowest BCUT2D eigenvalue weighted by atomic mass is 9.74. The molecule has 0 saturated carbocycles. The number of carbonyl (C=O) groups excluding carboxylic acids is 1. The number of rotatable bonds is 3. The minimum absolute atomic E-state index is 0.354. The summed E-state index contributed by atoms with van der Waals surface area (Å²) in [6.07, 6.45) is 0.453. The predicted molar refractivity (Wildman–Crippen MR) is 78.0 cm³/mol. The van der Waals surface area contributed by atoms with E-state index in [1.54, 1.807) is 39.5 Å². The number of nitrogens with zero attached hydrogens (tertiary/aromatic N) is 1. The zero-order chi connectivity index (χ0) is 16.4. The third kappa shape index (κ3) is 4.33. The SMILES string of the molecule is CC(C)(C)OC(=O)N1CCCCC1C(C)(C)C(O)C(=O)O. The molecule has 0 spiro atoms. The first-order valence-corrected chi connectivity index (χ1v) is 7.37. The Morgan fingerprint density at radius 3 is 2.24 bits per heavy atom. The second kappa shape index (κ2) is 6.22. The Bertz CT molecular complexity index is 399. The van der Waals surface area contributed by atoms with Crippen molar-refractivity contribution in [2.75, 3.05) is 6.54 Å². The summed E-state index contributed by atoms with van der Waals surface area (Å²) in [7, 11) is 0. The first kappa shape index (κ1) is 17.8. The van der Waals surface area contributed by atoms with Crippen molar-refractivity contribution in [3.63, 3.8) is 0 Å². The summed E-state index contributed by atoms with van der Waals surface area (Å²) >= 11 is 0. The fourth-order valence-corrected chi connectivity index (χ4v) is 2.74. The Hall–Kier alpha value is -1.30. The quantitative estimate of drug-likeness (QED) is 0.835. The molecule has 2 unspecified atom stereocenters. The number of hydrogen-bond donors (Lipinski definition) is 2. The monoisotopic (exact) mass is 301 g/mol. The summed E-state index contributed by atoms with van der Waals surface area (Å²) in [5.41, 5.74) is -1.54. The Morgan fingerprint density at radius 2 is 1.76 bits per heavy atom. The summed E-state index contributed by atoms with van der Waals surface area (Å²) in [5, 5.41) is 19.0. The highest BCUT2D eigenvalue weighted by Crippen LogP contribution is 2.36. The highest BCUT2D eigenvalue weighted by atomic mass is 16.6. The molecule has 1 aliphatic heterocycles. The van der Waals surface area contributed by atoms with Crippen LogP contribution in [-0.2, 0) is 9.53 Å². The van der Waals surface area contributed by atoms with E-state index in [-0.39, 0.29) is 6.04 Å². The van der Waals surface area contributed by atoms with Crippen LogP contribution < -0.4 is 0 Å². The van der Waals surface area contributed by atoms with Crippen molar-refractivity contribution in [3.8, 4) is 0 Å². The minimum Gasteiger partial charge on any atom is -0.479 e. The third-order valence-electron chi connectivity index (χ3n) is 3.93. The number of ether oxygens (including phenoxy) is 1. The molecule has 1 saturated heterocycles. The molecular formula is C15H27NO5. The maximum Gasteiger partial charge on any atom is 0.410 e. The Kier molecular flexibility index (Phi) is 5.25. The molecule has 0 bridgehead atoms. The third-order valence-corrected chi connectivity index (χ3v) is 3.93. The van der Waals surface area contributed by atoms with E-state index >= 15 is 0 Å². The van der Waals surface area contributed by atoms with E-state index in [4.69, 9.17) is 9.84 Å². The topological polar surface area (TPSA) is 87.1 Å². The number of hydrogen-bond acceptors (Lipinski definition) is 4. The summed E-state index contributed by atoms with van der Waals surface area (Å²) in [5.74, 6) is -1.27. The second-order valence-electron chi connectivity index (χ2n) is 7.25. The van der Waals surface area contributed by atoms with Gasteiger partial charge in [-0.15, -0.1) is 0 Å². The minimum atomic E-state index is -1.52. The molecule has 2 atom stereocenters. The van der Waals surface area contributed by atoms with Gasteiger partial charge in [-0.2, -0.15) is 0 Å². The standard InChI is InChI=1S/C15H27NO5/c1-14(2,3)21-13(20)16-9-7-6-8-10(16)15(4,5)11(17)12(18)19/h10-11,17H,6-9H2,1-5H3,(H,18,19). The van der Waals surface area contributed by atoms with Crippen molar-refractivity contribution in [3.05, 3.63) is 0 Å². The van der Waals surface area contributed by atoms with Gasteiger partial charge in [-0.05, 0) is 40.0 Å². The van der Waals surface area contributed by atoms with Gasteiger partial charge in [-0.3, -0.25) is 0 Å². The van der Waals surface area contributed by atoms with Crippen LogP contribution in [0.4, 0.5) is 4.79 Å². The zero-order valence-corrected chi connectivity index (χ0v) is 13.5. The highest BCUT2D eigenvalue weighted by Gasteiger charge is 2.46. The highest BCUT2D eigenvalue weighted by molar-refractivity contribution is 5.74. The summed E-state index contributed by atoms with van der Waals surface area (Å²) in [6, 6.07) is -0.354. The number of carbonyl (C=O) groups is 2. The molecular weight excluding hydrogens is 274 g/mol. The average Bonchev–Trinajstić information content (AvgIpc) is 2.35. The summed E-state index contributed by atoms with van der Waals surface area (Å²) in [4.78, 5) is 25.0. The molecule has 0 radical (unpaired) electrons. The molecule has 0 aromatic rings. The van der Waals surface area contributed by atoms with E-state index in [1.165, 1.54) is 0 Å². The van der Waals surface area contributed by atoms with Crippen molar-refractivity contribution < 1.29 is 24.5 Å². The molecule has 0 aromatic heterocycles. The first-order valence-electron chi connectivity index (χ1n) is 7.37. The number of carboxylic acids is 1. The number of carboxylic acid groups (broad SMARTS) is 1. The number of likely N-dealkylation sites (tertiary alicyclic amines) is 1. The van der Waals surface area contributed by atoms with Crippen LogP contribution in [0, 0.1) is 5.41 Å². The Labute approximate surface area is 126 Å². The number of aliphatic hydroxyl groups excluding tert-OH is 1. The molecule has 1 amide bonds. The number of aliphatic carboxylic acids is 1. The van der Waals surface area contributed by atoms with Gasteiger partial charge in [-0.1, -0.05) is 13.8 Å². The molecule has 1 aliphatic rings. The van der Waals surface area contributed by atoms with E-state index in [0.29, 0.717) is 13.0 Å². The molecule has 1 heterocycles. The molecule has 1 fully saturated rings. The number of piperidine rings is 1. The van der Waals surface area contributed by atoms with Crippen LogP contribution in [0.2, 0.25) is 0 Å². The number of amides is 1. The lowest BCUT2D eigenvalue weighted by Gasteiger charge is -2.46. The first-order chi connectivity index (χ1) is 9.47. The normalized spacial score (nSPS) is 21.8. The van der Waals surface area contributed by atoms with Crippen molar-refractivity contribution in [2.45, 2.75) is 71.6 Å². The fraction of sp³-hybridized carbons (Fsp3) is 0.867. The predicted octanol–water partition coefficient (Wildman–Crippen LogP) is 2.25. The van der Waals surface area contributed by atoms with Gasteiger partial charge >= 0.3 is 12.1 Å². The maximum atomic E-state index is 12.3. The summed E-state index contributed by atoms with van der Waals surface area (Å²) in [6.45, 7) is 9.26. The molecule has 6 nitrogen and oxygen atoms in total. The van der Waals surface area contributed by atoms with Crippen LogP contribution >= 0.6 is 0 Å². The van der Waals surface area contributed by atoms with Crippen LogP contribution in [0.5, 0.6) is 0 Å². The molecule has 2 N–H and O–H groups in total. The summed E-state index contributed by atoms with van der Waals surface area (Å²) < 4.78 is 5.40. The van der Waals surface area contributed by atoms with Crippen LogP contribution in [0.15, 0.2) is 0 Å². The van der Waals surface area contributed by atoms with E-state index < -0.39 is 29.2 Å². The van der Waals surface area contributed by atoms with Crippen LogP contribution in [0.1, 0.15) is 53.9 Å². The van der Waals surface area contributed by atoms with E-state index in [9.17, 15) is 14.7 Å². The Morgan fingerprint density at radius 1 is 1.19 bits per heavy atom.